The third-order valence-electron chi connectivity index (χ3n) is 4.01. The van der Waals surface area contributed by atoms with E-state index in [0.717, 1.165) is 27.7 Å². The maximum absolute atomic E-state index is 12.0. The number of anilines is 1. The van der Waals surface area contributed by atoms with Gasteiger partial charge in [0.2, 0.25) is 0 Å². The molecule has 3 rings (SSSR count). The first kappa shape index (κ1) is 17.7. The van der Waals surface area contributed by atoms with Gasteiger partial charge in [0.05, 0.1) is 18.2 Å². The first-order chi connectivity index (χ1) is 12.5. The van der Waals surface area contributed by atoms with Crippen LogP contribution in [0, 0.1) is 25.2 Å². The van der Waals surface area contributed by atoms with Crippen molar-refractivity contribution in [3.05, 3.63) is 52.1 Å². The first-order valence-corrected chi connectivity index (χ1v) is 8.76. The van der Waals surface area contributed by atoms with E-state index in [2.05, 4.69) is 5.32 Å². The Bertz CT molecular complexity index is 1030. The Hall–Kier alpha value is -3.11. The van der Waals surface area contributed by atoms with Gasteiger partial charge < -0.3 is 14.5 Å². The molecule has 0 aliphatic rings. The van der Waals surface area contributed by atoms with Crippen molar-refractivity contribution in [1.82, 2.24) is 0 Å². The molecule has 0 aliphatic carbocycles. The van der Waals surface area contributed by atoms with Crippen LogP contribution in [0.5, 0.6) is 0 Å². The number of nitriles is 1. The summed E-state index contributed by atoms with van der Waals surface area (Å²) < 4.78 is 10.5. The van der Waals surface area contributed by atoms with Crippen molar-refractivity contribution in [2.24, 2.45) is 0 Å². The summed E-state index contributed by atoms with van der Waals surface area (Å²) in [6, 6.07) is 7.50. The molecule has 0 saturated heterocycles. The van der Waals surface area contributed by atoms with Crippen molar-refractivity contribution in [1.29, 1.82) is 5.26 Å². The summed E-state index contributed by atoms with van der Waals surface area (Å²) in [5.41, 5.74) is 4.04. The predicted octanol–water partition coefficient (Wildman–Crippen LogP) is 3.71. The van der Waals surface area contributed by atoms with Crippen molar-refractivity contribution in [2.45, 2.75) is 20.3 Å². The average Bonchev–Trinajstić information content (AvgIpc) is 3.21. The molecule has 0 radical (unpaired) electrons. The van der Waals surface area contributed by atoms with Crippen LogP contribution < -0.4 is 5.32 Å². The normalized spacial score (nSPS) is 10.5. The Morgan fingerprint density at radius 3 is 2.85 bits per heavy atom. The summed E-state index contributed by atoms with van der Waals surface area (Å²) in [4.78, 5) is 23.9. The van der Waals surface area contributed by atoms with Gasteiger partial charge in [0, 0.05) is 10.9 Å². The number of amides is 1. The fourth-order valence-electron chi connectivity index (χ4n) is 2.48. The number of hydrogen-bond acceptors (Lipinski definition) is 6. The van der Waals surface area contributed by atoms with E-state index >= 15 is 0 Å². The molecule has 0 saturated carbocycles. The number of nitrogens with one attached hydrogen (secondary N) is 1. The molecule has 1 amide bonds. The third-order valence-corrected chi connectivity index (χ3v) is 4.84. The van der Waals surface area contributed by atoms with Gasteiger partial charge in [-0.2, -0.15) is 5.26 Å². The van der Waals surface area contributed by atoms with E-state index in [0.29, 0.717) is 10.6 Å². The second-order valence-electron chi connectivity index (χ2n) is 5.85. The molecule has 0 unspecified atom stereocenters. The van der Waals surface area contributed by atoms with E-state index in [-0.39, 0.29) is 6.42 Å². The van der Waals surface area contributed by atoms with Crippen molar-refractivity contribution in [2.75, 3.05) is 11.9 Å². The molecular formula is C19H16N2O4S. The van der Waals surface area contributed by atoms with E-state index in [1.54, 1.807) is 11.4 Å². The molecule has 2 heterocycles. The summed E-state index contributed by atoms with van der Waals surface area (Å²) in [6.07, 6.45) is 1.56. The average molecular weight is 368 g/mol. The molecule has 132 valence electrons. The lowest BCUT2D eigenvalue weighted by atomic mass is 10.0. The number of carbonyl (C=O) groups excluding carboxylic acids is 2. The van der Waals surface area contributed by atoms with Crippen molar-refractivity contribution < 1.29 is 18.7 Å². The molecule has 0 bridgehead atoms. The number of carbonyl (C=O) groups is 2. The van der Waals surface area contributed by atoms with Gasteiger partial charge >= 0.3 is 5.97 Å². The minimum Gasteiger partial charge on any atom is -0.464 e. The van der Waals surface area contributed by atoms with E-state index in [1.807, 2.05) is 32.0 Å². The van der Waals surface area contributed by atoms with Gasteiger partial charge in [-0.3, -0.25) is 9.59 Å². The van der Waals surface area contributed by atoms with Gasteiger partial charge in [-0.05, 0) is 48.6 Å². The highest BCUT2D eigenvalue weighted by molar-refractivity contribution is 7.14. The molecule has 0 atom stereocenters. The SMILES string of the molecule is Cc1cc2occ(CC(=O)OCC(=O)Nc3sccc3C#N)c2cc1C. The summed E-state index contributed by atoms with van der Waals surface area (Å²) in [5.74, 6) is -1.01. The lowest BCUT2D eigenvalue weighted by molar-refractivity contribution is -0.146. The topological polar surface area (TPSA) is 92.3 Å². The minimum absolute atomic E-state index is 0.0191. The maximum Gasteiger partial charge on any atom is 0.310 e. The number of furan rings is 1. The Morgan fingerprint density at radius 1 is 1.31 bits per heavy atom. The van der Waals surface area contributed by atoms with Crippen LogP contribution >= 0.6 is 11.3 Å². The Kier molecular flexibility index (Phi) is 5.05. The second kappa shape index (κ2) is 7.42. The van der Waals surface area contributed by atoms with E-state index in [4.69, 9.17) is 14.4 Å². The van der Waals surface area contributed by atoms with Crippen LogP contribution in [-0.4, -0.2) is 18.5 Å². The standard InChI is InChI=1S/C19H16N2O4S/c1-11-5-15-14(9-24-16(15)6-12(11)2)7-18(23)25-10-17(22)21-19-13(8-20)3-4-26-19/h3-6,9H,7,10H2,1-2H3,(H,21,22). The Labute approximate surface area is 154 Å². The van der Waals surface area contributed by atoms with Crippen LogP contribution in [0.1, 0.15) is 22.3 Å². The molecule has 1 N–H and O–H groups in total. The number of benzene rings is 1. The van der Waals surface area contributed by atoms with Gasteiger partial charge in [0.25, 0.3) is 5.91 Å². The van der Waals surface area contributed by atoms with E-state index < -0.39 is 18.5 Å². The van der Waals surface area contributed by atoms with Gasteiger partial charge in [0.15, 0.2) is 6.61 Å². The quantitative estimate of drug-likeness (QED) is 0.693. The van der Waals surface area contributed by atoms with Crippen LogP contribution in [0.15, 0.2) is 34.3 Å². The molecule has 0 aliphatic heterocycles. The second-order valence-corrected chi connectivity index (χ2v) is 6.77. The molecule has 1 aromatic carbocycles. The first-order valence-electron chi connectivity index (χ1n) is 7.88. The van der Waals surface area contributed by atoms with E-state index in [9.17, 15) is 9.59 Å². The van der Waals surface area contributed by atoms with Crippen LogP contribution in [0.3, 0.4) is 0 Å². The van der Waals surface area contributed by atoms with Crippen molar-refractivity contribution >= 4 is 39.2 Å². The summed E-state index contributed by atoms with van der Waals surface area (Å²) >= 11 is 1.24. The minimum atomic E-state index is -0.521. The van der Waals surface area contributed by atoms with Crippen molar-refractivity contribution in [3.63, 3.8) is 0 Å². The number of esters is 1. The van der Waals surface area contributed by atoms with Crippen molar-refractivity contribution in [3.8, 4) is 6.07 Å². The molecule has 26 heavy (non-hydrogen) atoms. The van der Waals surface area contributed by atoms with E-state index in [1.165, 1.54) is 17.6 Å². The summed E-state index contributed by atoms with van der Waals surface area (Å²) in [6.45, 7) is 3.58. The monoisotopic (exact) mass is 368 g/mol. The maximum atomic E-state index is 12.0. The zero-order chi connectivity index (χ0) is 18.7. The number of thiophene rings is 1. The number of hydrogen-bond donors (Lipinski definition) is 1. The summed E-state index contributed by atoms with van der Waals surface area (Å²) in [5, 5.41) is 14.5. The van der Waals surface area contributed by atoms with Gasteiger partial charge in [-0.25, -0.2) is 0 Å². The zero-order valence-corrected chi connectivity index (χ0v) is 15.1. The Morgan fingerprint density at radius 2 is 2.08 bits per heavy atom. The van der Waals surface area contributed by atoms with Gasteiger partial charge in [-0.1, -0.05) is 0 Å². The van der Waals surface area contributed by atoms with Crippen LogP contribution in [-0.2, 0) is 20.7 Å². The molecule has 6 nitrogen and oxygen atoms in total. The molecule has 7 heteroatoms. The highest BCUT2D eigenvalue weighted by atomic mass is 32.1. The van der Waals surface area contributed by atoms with Crippen LogP contribution in [0.2, 0.25) is 0 Å². The largest absolute Gasteiger partial charge is 0.464 e. The van der Waals surface area contributed by atoms with Gasteiger partial charge in [0.1, 0.15) is 16.7 Å². The predicted molar refractivity (Wildman–Crippen MR) is 98.0 cm³/mol. The molecule has 3 aromatic rings. The highest BCUT2D eigenvalue weighted by Crippen LogP contribution is 2.25. The number of aryl methyl sites for hydroxylation is 2. The summed E-state index contributed by atoms with van der Waals surface area (Å²) in [7, 11) is 0. The fourth-order valence-corrected chi connectivity index (χ4v) is 3.24. The molecular weight excluding hydrogens is 352 g/mol. The molecule has 2 aromatic heterocycles. The number of nitrogens with zero attached hydrogens (tertiary/aromatic N) is 1. The zero-order valence-electron chi connectivity index (χ0n) is 14.3. The number of rotatable bonds is 5. The fraction of sp³-hybridized carbons (Fsp3) is 0.211. The highest BCUT2D eigenvalue weighted by Gasteiger charge is 2.15. The molecule has 0 fully saturated rings. The smallest absolute Gasteiger partial charge is 0.310 e. The number of ether oxygens (including phenoxy) is 1. The lowest BCUT2D eigenvalue weighted by Crippen LogP contribution is -2.21. The lowest BCUT2D eigenvalue weighted by Gasteiger charge is -2.05. The van der Waals surface area contributed by atoms with Gasteiger partial charge in [-0.15, -0.1) is 11.3 Å². The number of fused-ring (bicyclic) bond motifs is 1. The Balaban J connectivity index is 1.59. The third kappa shape index (κ3) is 3.76. The van der Waals surface area contributed by atoms with Crippen LogP contribution in [0.25, 0.3) is 11.0 Å². The molecule has 0 spiro atoms. The van der Waals surface area contributed by atoms with Crippen LogP contribution in [0.4, 0.5) is 5.00 Å².